The van der Waals surface area contributed by atoms with E-state index in [9.17, 15) is 9.59 Å². The highest BCUT2D eigenvalue weighted by Gasteiger charge is 2.21. The molecule has 0 unspecified atom stereocenters. The minimum atomic E-state index is -0.396. The Morgan fingerprint density at radius 2 is 2.00 bits per heavy atom. The zero-order valence-electron chi connectivity index (χ0n) is 17.2. The van der Waals surface area contributed by atoms with E-state index in [1.165, 1.54) is 29.2 Å². The lowest BCUT2D eigenvalue weighted by atomic mass is 10.1. The lowest BCUT2D eigenvalue weighted by Gasteiger charge is -2.20. The molecule has 2 heterocycles. The SMILES string of the molecule is COc1ccccc1N(C(C)=O)c1nc(COc2ccc3c(C)cc(=O)oc3c2)cs1. The van der Waals surface area contributed by atoms with Gasteiger partial charge in [-0.3, -0.25) is 9.69 Å². The molecule has 0 aliphatic carbocycles. The molecule has 1 amide bonds. The molecule has 4 aromatic rings. The summed E-state index contributed by atoms with van der Waals surface area (Å²) in [6.07, 6.45) is 0. The lowest BCUT2D eigenvalue weighted by Crippen LogP contribution is -2.23. The molecule has 2 aromatic carbocycles. The van der Waals surface area contributed by atoms with Crippen molar-refractivity contribution in [3.63, 3.8) is 0 Å². The molecule has 4 rings (SSSR count). The van der Waals surface area contributed by atoms with Crippen LogP contribution in [0.25, 0.3) is 11.0 Å². The number of nitrogens with zero attached hydrogens (tertiary/aromatic N) is 2. The van der Waals surface area contributed by atoms with Crippen molar-refractivity contribution >= 4 is 39.0 Å². The molecular weight excluding hydrogens is 416 g/mol. The largest absolute Gasteiger partial charge is 0.495 e. The van der Waals surface area contributed by atoms with Crippen molar-refractivity contribution < 1.29 is 18.7 Å². The van der Waals surface area contributed by atoms with E-state index in [2.05, 4.69) is 4.98 Å². The monoisotopic (exact) mass is 436 g/mol. The normalized spacial score (nSPS) is 10.8. The summed E-state index contributed by atoms with van der Waals surface area (Å²) in [5.41, 5.74) is 2.22. The van der Waals surface area contributed by atoms with Crippen LogP contribution in [0.1, 0.15) is 18.2 Å². The summed E-state index contributed by atoms with van der Waals surface area (Å²) in [7, 11) is 1.56. The minimum absolute atomic E-state index is 0.175. The molecule has 7 nitrogen and oxygen atoms in total. The van der Waals surface area contributed by atoms with Gasteiger partial charge in [-0.15, -0.1) is 11.3 Å². The van der Waals surface area contributed by atoms with Gasteiger partial charge < -0.3 is 13.9 Å². The van der Waals surface area contributed by atoms with Crippen LogP contribution >= 0.6 is 11.3 Å². The van der Waals surface area contributed by atoms with Crippen LogP contribution in [0.2, 0.25) is 0 Å². The summed E-state index contributed by atoms with van der Waals surface area (Å²) < 4.78 is 16.5. The smallest absolute Gasteiger partial charge is 0.336 e. The summed E-state index contributed by atoms with van der Waals surface area (Å²) in [4.78, 5) is 30.0. The van der Waals surface area contributed by atoms with Crippen molar-refractivity contribution in [3.05, 3.63) is 75.6 Å². The maximum absolute atomic E-state index is 12.4. The van der Waals surface area contributed by atoms with Crippen LogP contribution in [0.4, 0.5) is 10.8 Å². The Morgan fingerprint density at radius 1 is 1.19 bits per heavy atom. The predicted octanol–water partition coefficient (Wildman–Crippen LogP) is 4.83. The average Bonchev–Trinajstić information content (AvgIpc) is 3.20. The number of fused-ring (bicyclic) bond motifs is 1. The number of methoxy groups -OCH3 is 1. The fourth-order valence-electron chi connectivity index (χ4n) is 3.24. The van der Waals surface area contributed by atoms with Crippen molar-refractivity contribution in [2.75, 3.05) is 12.0 Å². The molecule has 0 N–H and O–H groups in total. The number of amides is 1. The summed E-state index contributed by atoms with van der Waals surface area (Å²) >= 11 is 1.34. The first-order valence-corrected chi connectivity index (χ1v) is 10.4. The standard InChI is InChI=1S/C23H20N2O5S/c1-14-10-22(27)30-21-11-17(8-9-18(14)21)29-12-16-13-31-23(24-16)25(15(2)26)19-6-4-5-7-20(19)28-3/h4-11,13H,12H2,1-3H3. The molecule has 0 atom stereocenters. The number of para-hydroxylation sites is 2. The first kappa shape index (κ1) is 20.6. The molecule has 0 saturated carbocycles. The second-order valence-electron chi connectivity index (χ2n) is 6.84. The van der Waals surface area contributed by atoms with Gasteiger partial charge in [0.25, 0.3) is 0 Å². The number of benzene rings is 2. The van der Waals surface area contributed by atoms with Crippen molar-refractivity contribution in [2.24, 2.45) is 0 Å². The van der Waals surface area contributed by atoms with Gasteiger partial charge in [-0.05, 0) is 36.8 Å². The number of carbonyl (C=O) groups excluding carboxylic acids is 1. The van der Waals surface area contributed by atoms with E-state index in [1.807, 2.05) is 42.6 Å². The highest BCUT2D eigenvalue weighted by molar-refractivity contribution is 7.14. The number of ether oxygens (including phenoxy) is 2. The second-order valence-corrected chi connectivity index (χ2v) is 7.68. The molecule has 0 spiro atoms. The van der Waals surface area contributed by atoms with Crippen LogP contribution in [0.3, 0.4) is 0 Å². The van der Waals surface area contributed by atoms with Gasteiger partial charge in [0.1, 0.15) is 23.7 Å². The Kier molecular flexibility index (Phi) is 5.73. The molecule has 0 radical (unpaired) electrons. The number of thiazole rings is 1. The first-order valence-electron chi connectivity index (χ1n) is 9.51. The molecule has 0 aliphatic rings. The van der Waals surface area contributed by atoms with Crippen LogP contribution in [0.15, 0.2) is 63.1 Å². The quantitative estimate of drug-likeness (QED) is 0.403. The van der Waals surface area contributed by atoms with Gasteiger partial charge in [-0.2, -0.15) is 0 Å². The Bertz CT molecular complexity index is 1310. The number of anilines is 2. The van der Waals surface area contributed by atoms with Gasteiger partial charge in [0.15, 0.2) is 5.13 Å². The average molecular weight is 436 g/mol. The molecule has 0 bridgehead atoms. The van der Waals surface area contributed by atoms with E-state index in [0.29, 0.717) is 33.6 Å². The number of aromatic nitrogens is 1. The highest BCUT2D eigenvalue weighted by atomic mass is 32.1. The highest BCUT2D eigenvalue weighted by Crippen LogP contribution is 2.35. The second kappa shape index (κ2) is 8.61. The van der Waals surface area contributed by atoms with Gasteiger partial charge in [-0.1, -0.05) is 12.1 Å². The van der Waals surface area contributed by atoms with Gasteiger partial charge in [0, 0.05) is 29.8 Å². The zero-order chi connectivity index (χ0) is 22.0. The first-order chi connectivity index (χ1) is 15.0. The minimum Gasteiger partial charge on any atom is -0.495 e. The van der Waals surface area contributed by atoms with Crippen LogP contribution < -0.4 is 20.0 Å². The maximum Gasteiger partial charge on any atom is 0.336 e. The van der Waals surface area contributed by atoms with Gasteiger partial charge >= 0.3 is 5.63 Å². The van der Waals surface area contributed by atoms with E-state index in [1.54, 1.807) is 19.2 Å². The van der Waals surface area contributed by atoms with Crippen molar-refractivity contribution in [1.29, 1.82) is 0 Å². The topological polar surface area (TPSA) is 81.9 Å². The fraction of sp³-hybridized carbons (Fsp3) is 0.174. The van der Waals surface area contributed by atoms with E-state index in [4.69, 9.17) is 13.9 Å². The summed E-state index contributed by atoms with van der Waals surface area (Å²) in [5.74, 6) is 0.967. The predicted molar refractivity (Wildman–Crippen MR) is 119 cm³/mol. The van der Waals surface area contributed by atoms with Gasteiger partial charge in [-0.25, -0.2) is 9.78 Å². The number of hydrogen-bond donors (Lipinski definition) is 0. The molecule has 0 fully saturated rings. The number of aryl methyl sites for hydroxylation is 1. The van der Waals surface area contributed by atoms with Crippen LogP contribution in [0.5, 0.6) is 11.5 Å². The van der Waals surface area contributed by atoms with Gasteiger partial charge in [0.2, 0.25) is 5.91 Å². The molecule has 0 saturated heterocycles. The Morgan fingerprint density at radius 3 is 2.77 bits per heavy atom. The number of carbonyl (C=O) groups is 1. The molecule has 158 valence electrons. The third-order valence-corrected chi connectivity index (χ3v) is 5.56. The third-order valence-electron chi connectivity index (χ3n) is 4.68. The van der Waals surface area contributed by atoms with Crippen molar-refractivity contribution in [2.45, 2.75) is 20.5 Å². The van der Waals surface area contributed by atoms with E-state index in [-0.39, 0.29) is 12.5 Å². The van der Waals surface area contributed by atoms with Gasteiger partial charge in [0.05, 0.1) is 18.5 Å². The Balaban J connectivity index is 1.55. The van der Waals surface area contributed by atoms with Crippen LogP contribution in [-0.4, -0.2) is 18.0 Å². The number of hydrogen-bond acceptors (Lipinski definition) is 7. The molecule has 8 heteroatoms. The Hall–Kier alpha value is -3.65. The molecule has 0 aliphatic heterocycles. The summed E-state index contributed by atoms with van der Waals surface area (Å²) in [5, 5.41) is 3.22. The van der Waals surface area contributed by atoms with Crippen LogP contribution in [0, 0.1) is 6.92 Å². The third kappa shape index (κ3) is 4.29. The lowest BCUT2D eigenvalue weighted by molar-refractivity contribution is -0.115. The Labute approximate surface area is 182 Å². The molecular formula is C23H20N2O5S. The summed E-state index contributed by atoms with van der Waals surface area (Å²) in [6, 6.07) is 14.1. The zero-order valence-corrected chi connectivity index (χ0v) is 18.1. The van der Waals surface area contributed by atoms with Crippen molar-refractivity contribution in [3.8, 4) is 11.5 Å². The molecule has 31 heavy (non-hydrogen) atoms. The molecule has 2 aromatic heterocycles. The van der Waals surface area contributed by atoms with Crippen molar-refractivity contribution in [1.82, 2.24) is 4.98 Å². The van der Waals surface area contributed by atoms with E-state index < -0.39 is 5.63 Å². The van der Waals surface area contributed by atoms with E-state index in [0.717, 1.165) is 10.9 Å². The fourth-order valence-corrected chi connectivity index (χ4v) is 4.10. The summed E-state index contributed by atoms with van der Waals surface area (Å²) in [6.45, 7) is 3.55. The maximum atomic E-state index is 12.4. The van der Waals surface area contributed by atoms with Crippen LogP contribution in [-0.2, 0) is 11.4 Å². The van der Waals surface area contributed by atoms with E-state index >= 15 is 0 Å². The number of rotatable bonds is 6.